The van der Waals surface area contributed by atoms with Crippen molar-refractivity contribution in [2.45, 2.75) is 19.3 Å². The van der Waals surface area contributed by atoms with Gasteiger partial charge in [0.05, 0.1) is 0 Å². The molecule has 54 valence electrons. The Morgan fingerprint density at radius 1 is 1.33 bits per heavy atom. The van der Waals surface area contributed by atoms with Crippen LogP contribution in [0.5, 0.6) is 0 Å². The zero-order valence-corrected chi connectivity index (χ0v) is 5.71. The summed E-state index contributed by atoms with van der Waals surface area (Å²) in [7, 11) is 0. The van der Waals surface area contributed by atoms with Gasteiger partial charge in [-0.15, -0.1) is 0 Å². The lowest BCUT2D eigenvalue weighted by atomic mass is 10.1. The SMILES string of the molecule is NC[C@H]1CC[C@@H](CO)C1. The first-order valence-electron chi connectivity index (χ1n) is 3.67. The maximum absolute atomic E-state index is 8.74. The molecule has 2 atom stereocenters. The van der Waals surface area contributed by atoms with Gasteiger partial charge in [0.1, 0.15) is 0 Å². The Bertz CT molecular complexity index is 75.0. The molecule has 0 saturated heterocycles. The molecule has 0 aliphatic heterocycles. The predicted octanol–water partition coefficient (Wildman–Crippen LogP) is 0.354. The van der Waals surface area contributed by atoms with Gasteiger partial charge in [0.25, 0.3) is 0 Å². The molecule has 1 aliphatic rings. The van der Waals surface area contributed by atoms with Crippen LogP contribution in [-0.4, -0.2) is 18.3 Å². The average molecular weight is 129 g/mol. The number of aliphatic hydroxyl groups is 1. The molecule has 0 heterocycles. The maximum atomic E-state index is 8.74. The number of hydrogen-bond donors (Lipinski definition) is 2. The van der Waals surface area contributed by atoms with Crippen molar-refractivity contribution < 1.29 is 5.11 Å². The van der Waals surface area contributed by atoms with Crippen LogP contribution in [0, 0.1) is 11.8 Å². The first-order chi connectivity index (χ1) is 4.36. The molecule has 1 aliphatic carbocycles. The quantitative estimate of drug-likeness (QED) is 0.565. The van der Waals surface area contributed by atoms with Crippen molar-refractivity contribution in [3.8, 4) is 0 Å². The van der Waals surface area contributed by atoms with Gasteiger partial charge in [0.15, 0.2) is 0 Å². The fourth-order valence-corrected chi connectivity index (χ4v) is 1.56. The molecule has 0 radical (unpaired) electrons. The molecular formula is C7H15NO. The summed E-state index contributed by atoms with van der Waals surface area (Å²) in [6.07, 6.45) is 3.55. The third-order valence-electron chi connectivity index (χ3n) is 2.24. The highest BCUT2D eigenvalue weighted by Crippen LogP contribution is 2.29. The summed E-state index contributed by atoms with van der Waals surface area (Å²) in [5.41, 5.74) is 5.47. The summed E-state index contributed by atoms with van der Waals surface area (Å²) in [5.74, 6) is 1.25. The van der Waals surface area contributed by atoms with Gasteiger partial charge in [-0.05, 0) is 37.6 Å². The van der Waals surface area contributed by atoms with E-state index in [0.717, 1.165) is 13.0 Å². The van der Waals surface area contributed by atoms with Crippen LogP contribution >= 0.6 is 0 Å². The van der Waals surface area contributed by atoms with Gasteiger partial charge in [-0.2, -0.15) is 0 Å². The highest BCUT2D eigenvalue weighted by molar-refractivity contribution is 4.74. The number of aliphatic hydroxyl groups excluding tert-OH is 1. The van der Waals surface area contributed by atoms with Crippen molar-refractivity contribution in [3.63, 3.8) is 0 Å². The van der Waals surface area contributed by atoms with Crippen molar-refractivity contribution in [1.29, 1.82) is 0 Å². The molecule has 0 aromatic heterocycles. The second-order valence-electron chi connectivity index (χ2n) is 2.96. The smallest absolute Gasteiger partial charge is 0.0459 e. The average Bonchev–Trinajstić information content (AvgIpc) is 2.34. The highest BCUT2D eigenvalue weighted by atomic mass is 16.3. The zero-order valence-electron chi connectivity index (χ0n) is 5.71. The van der Waals surface area contributed by atoms with Gasteiger partial charge in [0, 0.05) is 6.61 Å². The van der Waals surface area contributed by atoms with E-state index in [1.807, 2.05) is 0 Å². The van der Waals surface area contributed by atoms with Crippen LogP contribution < -0.4 is 5.73 Å². The lowest BCUT2D eigenvalue weighted by Crippen LogP contribution is -2.11. The molecule has 0 aromatic rings. The normalized spacial score (nSPS) is 35.3. The molecule has 3 N–H and O–H groups in total. The molecule has 2 nitrogen and oxygen atoms in total. The van der Waals surface area contributed by atoms with Crippen molar-refractivity contribution in [2.75, 3.05) is 13.2 Å². The molecule has 9 heavy (non-hydrogen) atoms. The van der Waals surface area contributed by atoms with Gasteiger partial charge in [-0.25, -0.2) is 0 Å². The van der Waals surface area contributed by atoms with Crippen molar-refractivity contribution in [3.05, 3.63) is 0 Å². The largest absolute Gasteiger partial charge is 0.396 e. The van der Waals surface area contributed by atoms with Gasteiger partial charge in [-0.3, -0.25) is 0 Å². The minimum atomic E-state index is 0.358. The predicted molar refractivity (Wildman–Crippen MR) is 37.0 cm³/mol. The summed E-state index contributed by atoms with van der Waals surface area (Å²) in [6.45, 7) is 1.16. The topological polar surface area (TPSA) is 46.2 Å². The zero-order chi connectivity index (χ0) is 6.69. The van der Waals surface area contributed by atoms with Gasteiger partial charge >= 0.3 is 0 Å². The standard InChI is InChI=1S/C7H15NO/c8-4-6-1-2-7(3-6)5-9/h6-7,9H,1-5,8H2/t6-,7+/m0/s1. The van der Waals surface area contributed by atoms with Crippen LogP contribution in [0.3, 0.4) is 0 Å². The Labute approximate surface area is 56.1 Å². The lowest BCUT2D eigenvalue weighted by Gasteiger charge is -2.04. The van der Waals surface area contributed by atoms with Crippen molar-refractivity contribution in [1.82, 2.24) is 0 Å². The van der Waals surface area contributed by atoms with E-state index < -0.39 is 0 Å². The number of rotatable bonds is 2. The van der Waals surface area contributed by atoms with Gasteiger partial charge in [0.2, 0.25) is 0 Å². The lowest BCUT2D eigenvalue weighted by molar-refractivity contribution is 0.226. The monoisotopic (exact) mass is 129 g/mol. The second-order valence-corrected chi connectivity index (χ2v) is 2.96. The van der Waals surface area contributed by atoms with Gasteiger partial charge < -0.3 is 10.8 Å². The first-order valence-corrected chi connectivity index (χ1v) is 3.67. The summed E-state index contributed by atoms with van der Waals surface area (Å²) >= 11 is 0. The fourth-order valence-electron chi connectivity index (χ4n) is 1.56. The van der Waals surface area contributed by atoms with E-state index in [1.54, 1.807) is 0 Å². The molecule has 2 heteroatoms. The third-order valence-corrected chi connectivity index (χ3v) is 2.24. The Balaban J connectivity index is 2.20. The van der Waals surface area contributed by atoms with Crippen LogP contribution in [0.25, 0.3) is 0 Å². The molecule has 0 aromatic carbocycles. The van der Waals surface area contributed by atoms with Crippen molar-refractivity contribution >= 4 is 0 Å². The van der Waals surface area contributed by atoms with E-state index in [2.05, 4.69) is 0 Å². The third kappa shape index (κ3) is 1.66. The molecule has 0 bridgehead atoms. The number of hydrogen-bond acceptors (Lipinski definition) is 2. The van der Waals surface area contributed by atoms with Crippen LogP contribution in [0.4, 0.5) is 0 Å². The Morgan fingerprint density at radius 3 is 2.33 bits per heavy atom. The maximum Gasteiger partial charge on any atom is 0.0459 e. The Hall–Kier alpha value is -0.0800. The highest BCUT2D eigenvalue weighted by Gasteiger charge is 2.22. The Kier molecular flexibility index (Phi) is 2.49. The van der Waals surface area contributed by atoms with Crippen LogP contribution in [0.1, 0.15) is 19.3 Å². The van der Waals surface area contributed by atoms with E-state index in [-0.39, 0.29) is 0 Å². The Morgan fingerprint density at radius 2 is 2.00 bits per heavy atom. The summed E-state index contributed by atoms with van der Waals surface area (Å²) in [6, 6.07) is 0. The van der Waals surface area contributed by atoms with Crippen LogP contribution in [-0.2, 0) is 0 Å². The van der Waals surface area contributed by atoms with E-state index in [9.17, 15) is 0 Å². The molecule has 0 unspecified atom stereocenters. The molecule has 0 amide bonds. The van der Waals surface area contributed by atoms with E-state index in [4.69, 9.17) is 10.8 Å². The first kappa shape index (κ1) is 7.03. The summed E-state index contributed by atoms with van der Waals surface area (Å²) in [5, 5.41) is 8.74. The molecule has 0 spiro atoms. The van der Waals surface area contributed by atoms with Crippen LogP contribution in [0.2, 0.25) is 0 Å². The molecule has 1 rings (SSSR count). The second kappa shape index (κ2) is 3.18. The van der Waals surface area contributed by atoms with Gasteiger partial charge in [-0.1, -0.05) is 0 Å². The minimum absolute atomic E-state index is 0.358. The number of nitrogens with two attached hydrogens (primary N) is 1. The fraction of sp³-hybridized carbons (Fsp3) is 1.00. The van der Waals surface area contributed by atoms with E-state index >= 15 is 0 Å². The molecule has 1 saturated carbocycles. The van der Waals surface area contributed by atoms with E-state index in [0.29, 0.717) is 18.4 Å². The van der Waals surface area contributed by atoms with E-state index in [1.165, 1.54) is 12.8 Å². The minimum Gasteiger partial charge on any atom is -0.396 e. The molecule has 1 fully saturated rings. The van der Waals surface area contributed by atoms with Crippen LogP contribution in [0.15, 0.2) is 0 Å². The van der Waals surface area contributed by atoms with Crippen molar-refractivity contribution in [2.24, 2.45) is 17.6 Å². The summed E-state index contributed by atoms with van der Waals surface area (Å²) in [4.78, 5) is 0. The molecular weight excluding hydrogens is 114 g/mol. The summed E-state index contributed by atoms with van der Waals surface area (Å²) < 4.78 is 0.